The van der Waals surface area contributed by atoms with E-state index in [9.17, 15) is 0 Å². The fraction of sp³-hybridized carbons (Fsp3) is 0.556. The standard InChI is InChI=1S/C18H27N5/c1-3-18(13-20-6-1)15-23(14-17-4-7-19-8-5-17)11-2-10-22-12-9-21-16-22/h4-5,7-9,12,16,18,20H,1-3,6,10-11,13-15H2/t18-/m1/s1. The molecule has 1 N–H and O–H groups in total. The van der Waals surface area contributed by atoms with Gasteiger partial charge in [0.15, 0.2) is 0 Å². The van der Waals surface area contributed by atoms with Crippen molar-refractivity contribution in [3.63, 3.8) is 0 Å². The van der Waals surface area contributed by atoms with E-state index >= 15 is 0 Å². The first-order valence-electron chi connectivity index (χ1n) is 8.68. The Morgan fingerprint density at radius 3 is 2.87 bits per heavy atom. The van der Waals surface area contributed by atoms with Crippen LogP contribution in [0.25, 0.3) is 0 Å². The molecule has 1 saturated heterocycles. The summed E-state index contributed by atoms with van der Waals surface area (Å²) in [5, 5.41) is 3.53. The predicted octanol–water partition coefficient (Wildman–Crippen LogP) is 2.17. The molecule has 0 aliphatic carbocycles. The van der Waals surface area contributed by atoms with Crippen LogP contribution in [0.1, 0.15) is 24.8 Å². The van der Waals surface area contributed by atoms with Crippen molar-refractivity contribution < 1.29 is 0 Å². The normalized spacial score (nSPS) is 18.4. The van der Waals surface area contributed by atoms with Gasteiger partial charge < -0.3 is 9.88 Å². The van der Waals surface area contributed by atoms with E-state index in [0.717, 1.165) is 38.5 Å². The average molecular weight is 313 g/mol. The van der Waals surface area contributed by atoms with Crippen LogP contribution in [-0.2, 0) is 13.1 Å². The molecule has 0 aromatic carbocycles. The quantitative estimate of drug-likeness (QED) is 0.811. The Hall–Kier alpha value is -1.72. The van der Waals surface area contributed by atoms with Crippen molar-refractivity contribution in [3.05, 3.63) is 48.8 Å². The number of rotatable bonds is 8. The van der Waals surface area contributed by atoms with Crippen LogP contribution < -0.4 is 5.32 Å². The molecule has 0 bridgehead atoms. The number of hydrogen-bond acceptors (Lipinski definition) is 4. The number of aromatic nitrogens is 3. The van der Waals surface area contributed by atoms with E-state index in [0.29, 0.717) is 0 Å². The summed E-state index contributed by atoms with van der Waals surface area (Å²) in [5.74, 6) is 0.777. The molecule has 0 amide bonds. The monoisotopic (exact) mass is 313 g/mol. The van der Waals surface area contributed by atoms with Gasteiger partial charge in [-0.25, -0.2) is 4.98 Å². The molecule has 5 heteroatoms. The lowest BCUT2D eigenvalue weighted by molar-refractivity contribution is 0.196. The van der Waals surface area contributed by atoms with Crippen molar-refractivity contribution in [1.82, 2.24) is 24.8 Å². The second-order valence-corrected chi connectivity index (χ2v) is 6.46. The average Bonchev–Trinajstić information content (AvgIpc) is 3.10. The minimum atomic E-state index is 0.777. The molecule has 2 aromatic rings. The van der Waals surface area contributed by atoms with E-state index < -0.39 is 0 Å². The molecule has 0 spiro atoms. The highest BCUT2D eigenvalue weighted by atomic mass is 15.1. The van der Waals surface area contributed by atoms with Crippen LogP contribution in [0.15, 0.2) is 43.2 Å². The maximum Gasteiger partial charge on any atom is 0.0945 e. The molecule has 0 unspecified atom stereocenters. The number of nitrogens with zero attached hydrogens (tertiary/aromatic N) is 4. The van der Waals surface area contributed by atoms with Crippen LogP contribution in [0.5, 0.6) is 0 Å². The molecule has 23 heavy (non-hydrogen) atoms. The van der Waals surface area contributed by atoms with Gasteiger partial charge in [0.1, 0.15) is 0 Å². The summed E-state index contributed by atoms with van der Waals surface area (Å²) in [6.07, 6.45) is 13.4. The molecule has 5 nitrogen and oxygen atoms in total. The van der Waals surface area contributed by atoms with Crippen molar-refractivity contribution in [2.75, 3.05) is 26.2 Å². The molecular formula is C18H27N5. The number of nitrogens with one attached hydrogen (secondary N) is 1. The minimum absolute atomic E-state index is 0.777. The second-order valence-electron chi connectivity index (χ2n) is 6.46. The van der Waals surface area contributed by atoms with Crippen molar-refractivity contribution in [2.24, 2.45) is 5.92 Å². The Morgan fingerprint density at radius 1 is 1.22 bits per heavy atom. The van der Waals surface area contributed by atoms with Crippen LogP contribution in [-0.4, -0.2) is 45.6 Å². The molecule has 1 atom stereocenters. The SMILES string of the molecule is c1cc(CN(CCCn2ccnc2)C[C@@H]2CCCNC2)ccn1. The van der Waals surface area contributed by atoms with E-state index in [4.69, 9.17) is 0 Å². The van der Waals surface area contributed by atoms with Crippen LogP contribution in [0.3, 0.4) is 0 Å². The van der Waals surface area contributed by atoms with Gasteiger partial charge in [0, 0.05) is 51.0 Å². The van der Waals surface area contributed by atoms with Gasteiger partial charge in [-0.15, -0.1) is 0 Å². The highest BCUT2D eigenvalue weighted by Crippen LogP contribution is 2.14. The van der Waals surface area contributed by atoms with E-state index in [1.54, 1.807) is 0 Å². The van der Waals surface area contributed by atoms with Crippen molar-refractivity contribution in [3.8, 4) is 0 Å². The van der Waals surface area contributed by atoms with Gasteiger partial charge in [-0.1, -0.05) is 0 Å². The number of aryl methyl sites for hydroxylation is 1. The first kappa shape index (κ1) is 16.1. The lowest BCUT2D eigenvalue weighted by Gasteiger charge is -2.30. The first-order chi connectivity index (χ1) is 11.4. The maximum atomic E-state index is 4.13. The lowest BCUT2D eigenvalue weighted by Crippen LogP contribution is -2.38. The van der Waals surface area contributed by atoms with Gasteiger partial charge in [-0.2, -0.15) is 0 Å². The van der Waals surface area contributed by atoms with Gasteiger partial charge in [-0.3, -0.25) is 9.88 Å². The molecule has 1 fully saturated rings. The van der Waals surface area contributed by atoms with Gasteiger partial charge >= 0.3 is 0 Å². The van der Waals surface area contributed by atoms with Gasteiger partial charge in [0.2, 0.25) is 0 Å². The Kier molecular flexibility index (Phi) is 6.17. The Bertz CT molecular complexity index is 534. The third-order valence-corrected chi connectivity index (χ3v) is 4.52. The van der Waals surface area contributed by atoms with Crippen LogP contribution in [0.2, 0.25) is 0 Å². The fourth-order valence-corrected chi connectivity index (χ4v) is 3.32. The number of pyridine rings is 1. The molecule has 2 aromatic heterocycles. The molecule has 1 aliphatic heterocycles. The maximum absolute atomic E-state index is 4.13. The number of hydrogen-bond donors (Lipinski definition) is 1. The Labute approximate surface area is 138 Å². The highest BCUT2D eigenvalue weighted by molar-refractivity contribution is 5.09. The summed E-state index contributed by atoms with van der Waals surface area (Å²) in [5.41, 5.74) is 1.35. The third-order valence-electron chi connectivity index (χ3n) is 4.52. The molecular weight excluding hydrogens is 286 g/mol. The summed E-state index contributed by atoms with van der Waals surface area (Å²) in [6, 6.07) is 4.25. The summed E-state index contributed by atoms with van der Waals surface area (Å²) < 4.78 is 2.16. The first-order valence-corrected chi connectivity index (χ1v) is 8.68. The van der Waals surface area contributed by atoms with E-state index in [1.165, 1.54) is 31.5 Å². The zero-order valence-electron chi connectivity index (χ0n) is 13.8. The molecule has 0 saturated carbocycles. The molecule has 0 radical (unpaired) electrons. The van der Waals surface area contributed by atoms with Gasteiger partial charge in [-0.05, 0) is 56.0 Å². The van der Waals surface area contributed by atoms with Gasteiger partial charge in [0.25, 0.3) is 0 Å². The summed E-state index contributed by atoms with van der Waals surface area (Å²) in [6.45, 7) is 6.70. The number of imidazole rings is 1. The van der Waals surface area contributed by atoms with Crippen LogP contribution in [0, 0.1) is 5.92 Å². The molecule has 3 rings (SSSR count). The molecule has 1 aliphatic rings. The zero-order valence-corrected chi connectivity index (χ0v) is 13.8. The number of piperidine rings is 1. The molecule has 124 valence electrons. The highest BCUT2D eigenvalue weighted by Gasteiger charge is 2.17. The van der Waals surface area contributed by atoms with E-state index in [1.807, 2.05) is 31.1 Å². The van der Waals surface area contributed by atoms with E-state index in [-0.39, 0.29) is 0 Å². The van der Waals surface area contributed by atoms with Crippen molar-refractivity contribution in [1.29, 1.82) is 0 Å². The third kappa shape index (κ3) is 5.44. The van der Waals surface area contributed by atoms with Crippen molar-refractivity contribution in [2.45, 2.75) is 32.4 Å². The van der Waals surface area contributed by atoms with Crippen molar-refractivity contribution >= 4 is 0 Å². The second kappa shape index (κ2) is 8.79. The summed E-state index contributed by atoms with van der Waals surface area (Å²) in [7, 11) is 0. The molecule has 3 heterocycles. The lowest BCUT2D eigenvalue weighted by atomic mass is 9.99. The summed E-state index contributed by atoms with van der Waals surface area (Å²) in [4.78, 5) is 10.8. The van der Waals surface area contributed by atoms with Crippen LogP contribution in [0.4, 0.5) is 0 Å². The largest absolute Gasteiger partial charge is 0.337 e. The minimum Gasteiger partial charge on any atom is -0.337 e. The zero-order chi connectivity index (χ0) is 15.7. The Morgan fingerprint density at radius 2 is 2.13 bits per heavy atom. The Balaban J connectivity index is 1.53. The van der Waals surface area contributed by atoms with Gasteiger partial charge in [0.05, 0.1) is 6.33 Å². The smallest absolute Gasteiger partial charge is 0.0945 e. The van der Waals surface area contributed by atoms with E-state index in [2.05, 4.69) is 36.9 Å². The summed E-state index contributed by atoms with van der Waals surface area (Å²) >= 11 is 0. The van der Waals surface area contributed by atoms with Crippen LogP contribution >= 0.6 is 0 Å². The fourth-order valence-electron chi connectivity index (χ4n) is 3.32. The topological polar surface area (TPSA) is 46.0 Å². The predicted molar refractivity (Wildman–Crippen MR) is 92.0 cm³/mol.